The molecule has 3 heteroatoms. The van der Waals surface area contributed by atoms with Gasteiger partial charge in [-0.05, 0) is 19.1 Å². The Morgan fingerprint density at radius 2 is 2.30 bits per heavy atom. The summed E-state index contributed by atoms with van der Waals surface area (Å²) in [6.45, 7) is 2.09. The van der Waals surface area contributed by atoms with E-state index in [-0.39, 0.29) is 0 Å². The van der Waals surface area contributed by atoms with E-state index in [1.807, 2.05) is 6.26 Å². The highest BCUT2D eigenvalue weighted by molar-refractivity contribution is 7.99. The molecule has 1 atom stereocenters. The molecule has 0 aliphatic carbocycles. The summed E-state index contributed by atoms with van der Waals surface area (Å²) in [5.41, 5.74) is 0. The maximum absolute atomic E-state index is 10.1. The number of rotatable bonds is 5. The van der Waals surface area contributed by atoms with Crippen molar-refractivity contribution in [3.8, 4) is 0 Å². The summed E-state index contributed by atoms with van der Waals surface area (Å²) in [5, 5.41) is 8.87. The number of hydrogen-bond acceptors (Lipinski definition) is 2. The molecule has 1 unspecified atom stereocenters. The maximum atomic E-state index is 10.1. The normalized spacial score (nSPS) is 13.0. The lowest BCUT2D eigenvalue weighted by molar-refractivity contribution is -0.137. The Hall–Kier alpha value is -0.180. The average Bonchev–Trinajstić information content (AvgIpc) is 1.90. The lowest BCUT2D eigenvalue weighted by Gasteiger charge is -2.08. The molecule has 0 aromatic heterocycles. The Bertz CT molecular complexity index is 99.8. The van der Waals surface area contributed by atoms with Crippen molar-refractivity contribution in [3.63, 3.8) is 0 Å². The third-order valence-electron chi connectivity index (χ3n) is 1.47. The Balaban J connectivity index is 3.34. The summed E-state index contributed by atoms with van der Waals surface area (Å²) in [7, 11) is 0. The molecule has 0 radical (unpaired) electrons. The van der Waals surface area contributed by atoms with Crippen LogP contribution in [0.1, 0.15) is 26.2 Å². The molecule has 0 rings (SSSR count). The van der Waals surface area contributed by atoms with Gasteiger partial charge in [0, 0.05) is 11.7 Å². The Kier molecular flexibility index (Phi) is 5.49. The maximum Gasteiger partial charge on any atom is 0.303 e. The van der Waals surface area contributed by atoms with Gasteiger partial charge in [-0.15, -0.1) is 0 Å². The minimum absolute atomic E-state index is 0.305. The molecule has 0 spiro atoms. The second-order valence-corrected chi connectivity index (χ2v) is 3.34. The van der Waals surface area contributed by atoms with E-state index in [4.69, 9.17) is 5.11 Å². The lowest BCUT2D eigenvalue weighted by atomic mass is 10.2. The number of carboxylic acids is 1. The first-order valence-electron chi connectivity index (χ1n) is 3.45. The number of aliphatic carboxylic acids is 1. The first kappa shape index (κ1) is 9.82. The largest absolute Gasteiger partial charge is 0.481 e. The molecule has 0 bridgehead atoms. The zero-order valence-corrected chi connectivity index (χ0v) is 7.28. The van der Waals surface area contributed by atoms with Crippen molar-refractivity contribution in [2.75, 3.05) is 6.26 Å². The Morgan fingerprint density at radius 3 is 2.60 bits per heavy atom. The zero-order chi connectivity index (χ0) is 7.98. The van der Waals surface area contributed by atoms with Crippen molar-refractivity contribution < 1.29 is 9.90 Å². The summed E-state index contributed by atoms with van der Waals surface area (Å²) < 4.78 is 0. The molecule has 0 saturated heterocycles. The van der Waals surface area contributed by atoms with Crippen molar-refractivity contribution in [1.82, 2.24) is 0 Å². The Morgan fingerprint density at radius 1 is 1.70 bits per heavy atom. The van der Waals surface area contributed by atoms with Crippen LogP contribution in [-0.4, -0.2) is 22.6 Å². The van der Waals surface area contributed by atoms with E-state index in [0.29, 0.717) is 11.7 Å². The second kappa shape index (κ2) is 5.59. The van der Waals surface area contributed by atoms with Gasteiger partial charge in [0.25, 0.3) is 0 Å². The van der Waals surface area contributed by atoms with E-state index in [0.717, 1.165) is 12.8 Å². The molecule has 0 saturated carbocycles. The Labute approximate surface area is 66.0 Å². The molecule has 1 N–H and O–H groups in total. The van der Waals surface area contributed by atoms with Gasteiger partial charge in [0.1, 0.15) is 0 Å². The van der Waals surface area contributed by atoms with Gasteiger partial charge in [0.05, 0.1) is 0 Å². The zero-order valence-electron chi connectivity index (χ0n) is 6.46. The van der Waals surface area contributed by atoms with Crippen LogP contribution >= 0.6 is 11.8 Å². The molecule has 0 aromatic rings. The lowest BCUT2D eigenvalue weighted by Crippen LogP contribution is -2.04. The number of thioether (sulfide) groups is 1. The van der Waals surface area contributed by atoms with Crippen LogP contribution < -0.4 is 0 Å². The predicted molar refractivity (Wildman–Crippen MR) is 44.5 cm³/mol. The van der Waals surface area contributed by atoms with Crippen LogP contribution in [-0.2, 0) is 4.79 Å². The smallest absolute Gasteiger partial charge is 0.303 e. The molecule has 0 heterocycles. The third-order valence-corrected chi connectivity index (χ3v) is 2.70. The van der Waals surface area contributed by atoms with Crippen LogP contribution in [0.3, 0.4) is 0 Å². The highest BCUT2D eigenvalue weighted by Gasteiger charge is 2.05. The standard InChI is InChI=1S/C7H14O2S/c1-3-6(10-2)4-5-7(8)9/h6H,3-5H2,1-2H3,(H,8,9). The predicted octanol–water partition coefficient (Wildman–Crippen LogP) is 1.99. The number of carboxylic acid groups (broad SMARTS) is 1. The molecule has 2 nitrogen and oxygen atoms in total. The second-order valence-electron chi connectivity index (χ2n) is 2.20. The first-order valence-corrected chi connectivity index (χ1v) is 4.74. The van der Waals surface area contributed by atoms with Crippen LogP contribution in [0.15, 0.2) is 0 Å². The topological polar surface area (TPSA) is 37.3 Å². The average molecular weight is 162 g/mol. The summed E-state index contributed by atoms with van der Waals surface area (Å²) in [6, 6.07) is 0. The number of hydrogen-bond donors (Lipinski definition) is 1. The summed E-state index contributed by atoms with van der Waals surface area (Å²) in [6.07, 6.45) is 4.19. The fourth-order valence-electron chi connectivity index (χ4n) is 0.773. The quantitative estimate of drug-likeness (QED) is 0.671. The number of carbonyl (C=O) groups is 1. The van der Waals surface area contributed by atoms with Crippen LogP contribution in [0, 0.1) is 0 Å². The van der Waals surface area contributed by atoms with Gasteiger partial charge in [-0.2, -0.15) is 11.8 Å². The first-order chi connectivity index (χ1) is 4.70. The van der Waals surface area contributed by atoms with E-state index >= 15 is 0 Å². The van der Waals surface area contributed by atoms with Gasteiger partial charge in [-0.25, -0.2) is 0 Å². The van der Waals surface area contributed by atoms with E-state index in [1.165, 1.54) is 0 Å². The van der Waals surface area contributed by atoms with Gasteiger partial charge in [-0.1, -0.05) is 6.92 Å². The minimum atomic E-state index is -0.687. The van der Waals surface area contributed by atoms with Gasteiger partial charge in [-0.3, -0.25) is 4.79 Å². The van der Waals surface area contributed by atoms with Crippen molar-refractivity contribution in [2.45, 2.75) is 31.4 Å². The fraction of sp³-hybridized carbons (Fsp3) is 0.857. The van der Waals surface area contributed by atoms with E-state index < -0.39 is 5.97 Å². The van der Waals surface area contributed by atoms with Crippen molar-refractivity contribution >= 4 is 17.7 Å². The summed E-state index contributed by atoms with van der Waals surface area (Å²) in [4.78, 5) is 10.1. The molecule has 0 aromatic carbocycles. The molecular weight excluding hydrogens is 148 g/mol. The van der Waals surface area contributed by atoms with Crippen LogP contribution in [0.2, 0.25) is 0 Å². The van der Waals surface area contributed by atoms with Crippen molar-refractivity contribution in [1.29, 1.82) is 0 Å². The molecular formula is C7H14O2S. The molecule has 0 aliphatic rings. The van der Waals surface area contributed by atoms with Gasteiger partial charge >= 0.3 is 5.97 Å². The third kappa shape index (κ3) is 4.68. The van der Waals surface area contributed by atoms with Crippen molar-refractivity contribution in [3.05, 3.63) is 0 Å². The summed E-state index contributed by atoms with van der Waals surface area (Å²) in [5.74, 6) is -0.687. The van der Waals surface area contributed by atoms with E-state index in [9.17, 15) is 4.79 Å². The molecule has 60 valence electrons. The molecule has 0 amide bonds. The highest BCUT2D eigenvalue weighted by Crippen LogP contribution is 2.15. The molecule has 0 fully saturated rings. The van der Waals surface area contributed by atoms with Crippen LogP contribution in [0.5, 0.6) is 0 Å². The van der Waals surface area contributed by atoms with Crippen LogP contribution in [0.25, 0.3) is 0 Å². The summed E-state index contributed by atoms with van der Waals surface area (Å²) >= 11 is 1.75. The fourth-order valence-corrected chi connectivity index (χ4v) is 1.46. The van der Waals surface area contributed by atoms with E-state index in [1.54, 1.807) is 11.8 Å². The monoisotopic (exact) mass is 162 g/mol. The van der Waals surface area contributed by atoms with Gasteiger partial charge in [0.2, 0.25) is 0 Å². The molecule has 10 heavy (non-hydrogen) atoms. The molecule has 0 aliphatic heterocycles. The van der Waals surface area contributed by atoms with Crippen LogP contribution in [0.4, 0.5) is 0 Å². The highest BCUT2D eigenvalue weighted by atomic mass is 32.2. The van der Waals surface area contributed by atoms with Gasteiger partial charge in [0.15, 0.2) is 0 Å². The van der Waals surface area contributed by atoms with E-state index in [2.05, 4.69) is 6.92 Å². The van der Waals surface area contributed by atoms with Gasteiger partial charge < -0.3 is 5.11 Å². The SMILES string of the molecule is CCC(CCC(=O)O)SC. The minimum Gasteiger partial charge on any atom is -0.481 e. The van der Waals surface area contributed by atoms with Crippen molar-refractivity contribution in [2.24, 2.45) is 0 Å².